The van der Waals surface area contributed by atoms with Gasteiger partial charge in [0.05, 0.1) is 13.2 Å². The van der Waals surface area contributed by atoms with Gasteiger partial charge >= 0.3 is 0 Å². The van der Waals surface area contributed by atoms with Crippen LogP contribution in [-0.2, 0) is 0 Å². The molecule has 3 nitrogen and oxygen atoms in total. The van der Waals surface area contributed by atoms with Crippen LogP contribution in [0.1, 0.15) is 36.8 Å². The van der Waals surface area contributed by atoms with Crippen LogP contribution in [0.2, 0.25) is 0 Å². The number of aliphatic hydroxyl groups excluding tert-OH is 1. The van der Waals surface area contributed by atoms with Crippen molar-refractivity contribution in [2.45, 2.75) is 33.3 Å². The van der Waals surface area contributed by atoms with Crippen LogP contribution in [-0.4, -0.2) is 17.2 Å². The number of rotatable bonds is 5. The number of hydrogen-bond donors (Lipinski definition) is 1. The maximum Gasteiger partial charge on any atom is 0.212 e. The van der Waals surface area contributed by atoms with E-state index in [2.05, 4.69) is 31.8 Å². The predicted octanol–water partition coefficient (Wildman–Crippen LogP) is 4.21. The fourth-order valence-corrected chi connectivity index (χ4v) is 3.26. The number of aromatic nitrogens is 1. The third-order valence-electron chi connectivity index (χ3n) is 3.24. The van der Waals surface area contributed by atoms with Crippen LogP contribution in [0.3, 0.4) is 0 Å². The average Bonchev–Trinajstić information content (AvgIpc) is 2.80. The van der Waals surface area contributed by atoms with Crippen LogP contribution in [0.25, 0.3) is 10.4 Å². The lowest BCUT2D eigenvalue weighted by Gasteiger charge is -2.12. The lowest BCUT2D eigenvalue weighted by molar-refractivity contribution is 0.151. The number of nitrogens with zero attached hydrogens (tertiary/aromatic N) is 1. The standard InChI is InChI=1S/C16H21NO2S/c1-10(2)7-14(18)13-8-15(20-11(13)3)12-5-6-16(19-4)17-9-12/h5-6,8-10,14,18H,7H2,1-4H3. The second-order valence-corrected chi connectivity index (χ2v) is 6.61. The van der Waals surface area contributed by atoms with Crippen LogP contribution >= 0.6 is 11.3 Å². The summed E-state index contributed by atoms with van der Waals surface area (Å²) in [6, 6.07) is 5.93. The maximum atomic E-state index is 10.3. The summed E-state index contributed by atoms with van der Waals surface area (Å²) in [7, 11) is 1.61. The van der Waals surface area contributed by atoms with E-state index in [1.54, 1.807) is 18.4 Å². The van der Waals surface area contributed by atoms with Gasteiger partial charge in [0.2, 0.25) is 5.88 Å². The number of hydrogen-bond acceptors (Lipinski definition) is 4. The van der Waals surface area contributed by atoms with E-state index in [0.717, 1.165) is 22.4 Å². The van der Waals surface area contributed by atoms with Gasteiger partial charge in [-0.3, -0.25) is 0 Å². The SMILES string of the molecule is COc1ccc(-c2cc(C(O)CC(C)C)c(C)s2)cn1. The van der Waals surface area contributed by atoms with E-state index in [-0.39, 0.29) is 6.10 Å². The number of pyridine rings is 1. The van der Waals surface area contributed by atoms with Gasteiger partial charge in [0.1, 0.15) is 0 Å². The zero-order valence-electron chi connectivity index (χ0n) is 12.4. The van der Waals surface area contributed by atoms with Crippen molar-refractivity contribution >= 4 is 11.3 Å². The van der Waals surface area contributed by atoms with Crippen molar-refractivity contribution in [3.05, 3.63) is 34.8 Å². The van der Waals surface area contributed by atoms with E-state index >= 15 is 0 Å². The van der Waals surface area contributed by atoms with Crippen molar-refractivity contribution in [1.82, 2.24) is 4.98 Å². The van der Waals surface area contributed by atoms with Crippen molar-refractivity contribution < 1.29 is 9.84 Å². The Morgan fingerprint density at radius 3 is 2.65 bits per heavy atom. The Labute approximate surface area is 124 Å². The third kappa shape index (κ3) is 3.38. The number of aryl methyl sites for hydroxylation is 1. The molecule has 2 heterocycles. The van der Waals surface area contributed by atoms with Crippen LogP contribution in [0, 0.1) is 12.8 Å². The normalized spacial score (nSPS) is 12.7. The van der Waals surface area contributed by atoms with Crippen molar-refractivity contribution in [1.29, 1.82) is 0 Å². The molecule has 0 fully saturated rings. The zero-order chi connectivity index (χ0) is 14.7. The molecular formula is C16H21NO2S. The highest BCUT2D eigenvalue weighted by Gasteiger charge is 2.16. The van der Waals surface area contributed by atoms with Gasteiger partial charge in [-0.25, -0.2) is 4.98 Å². The first-order valence-corrected chi connectivity index (χ1v) is 7.61. The Balaban J connectivity index is 2.25. The Bertz CT molecular complexity index is 560. The molecule has 0 saturated heterocycles. The van der Waals surface area contributed by atoms with E-state index < -0.39 is 0 Å². The fourth-order valence-electron chi connectivity index (χ4n) is 2.19. The van der Waals surface area contributed by atoms with E-state index in [0.29, 0.717) is 11.8 Å². The van der Waals surface area contributed by atoms with Crippen LogP contribution in [0.15, 0.2) is 24.4 Å². The first-order chi connectivity index (χ1) is 9.51. The molecule has 2 aromatic rings. The summed E-state index contributed by atoms with van der Waals surface area (Å²) in [6.45, 7) is 6.31. The highest BCUT2D eigenvalue weighted by Crippen LogP contribution is 2.35. The van der Waals surface area contributed by atoms with E-state index in [9.17, 15) is 5.11 Å². The van der Waals surface area contributed by atoms with Crippen LogP contribution < -0.4 is 4.74 Å². The minimum atomic E-state index is -0.383. The molecule has 2 aromatic heterocycles. The molecule has 0 spiro atoms. The summed E-state index contributed by atoms with van der Waals surface area (Å²) in [5.41, 5.74) is 2.09. The van der Waals surface area contributed by atoms with E-state index in [1.165, 1.54) is 4.88 Å². The predicted molar refractivity (Wildman–Crippen MR) is 83.3 cm³/mol. The zero-order valence-corrected chi connectivity index (χ0v) is 13.2. The number of ether oxygens (including phenoxy) is 1. The maximum absolute atomic E-state index is 10.3. The Morgan fingerprint density at radius 2 is 2.10 bits per heavy atom. The van der Waals surface area contributed by atoms with Gasteiger partial charge in [0.25, 0.3) is 0 Å². The number of thiophene rings is 1. The molecular weight excluding hydrogens is 270 g/mol. The largest absolute Gasteiger partial charge is 0.481 e. The molecule has 0 aliphatic carbocycles. The average molecular weight is 291 g/mol. The van der Waals surface area contributed by atoms with Crippen LogP contribution in [0.5, 0.6) is 5.88 Å². The van der Waals surface area contributed by atoms with Gasteiger partial charge in [0, 0.05) is 27.6 Å². The molecule has 1 unspecified atom stereocenters. The topological polar surface area (TPSA) is 42.4 Å². The molecule has 0 bridgehead atoms. The van der Waals surface area contributed by atoms with Gasteiger partial charge in [-0.15, -0.1) is 11.3 Å². The summed E-state index contributed by atoms with van der Waals surface area (Å²) in [5, 5.41) is 10.3. The third-order valence-corrected chi connectivity index (χ3v) is 4.36. The van der Waals surface area contributed by atoms with Crippen molar-refractivity contribution in [3.8, 4) is 16.3 Å². The Morgan fingerprint density at radius 1 is 1.35 bits per heavy atom. The highest BCUT2D eigenvalue weighted by molar-refractivity contribution is 7.15. The van der Waals surface area contributed by atoms with Crippen molar-refractivity contribution in [3.63, 3.8) is 0 Å². The molecule has 0 aliphatic rings. The summed E-state index contributed by atoms with van der Waals surface area (Å²) in [5.74, 6) is 1.09. The molecule has 0 amide bonds. The van der Waals surface area contributed by atoms with E-state index in [4.69, 9.17) is 4.74 Å². The van der Waals surface area contributed by atoms with Gasteiger partial charge in [0.15, 0.2) is 0 Å². The molecule has 1 atom stereocenters. The number of methoxy groups -OCH3 is 1. The molecule has 0 aromatic carbocycles. The van der Waals surface area contributed by atoms with Gasteiger partial charge in [-0.05, 0) is 37.0 Å². The van der Waals surface area contributed by atoms with Crippen molar-refractivity contribution in [2.75, 3.05) is 7.11 Å². The van der Waals surface area contributed by atoms with Gasteiger partial charge in [-0.2, -0.15) is 0 Å². The Hall–Kier alpha value is -1.39. The Kier molecular flexibility index (Phi) is 4.78. The first-order valence-electron chi connectivity index (χ1n) is 6.80. The minimum Gasteiger partial charge on any atom is -0.481 e. The molecule has 0 radical (unpaired) electrons. The summed E-state index contributed by atoms with van der Waals surface area (Å²) >= 11 is 1.70. The highest BCUT2D eigenvalue weighted by atomic mass is 32.1. The summed E-state index contributed by atoms with van der Waals surface area (Å²) in [6.07, 6.45) is 2.21. The molecule has 0 aliphatic heterocycles. The summed E-state index contributed by atoms with van der Waals surface area (Å²) in [4.78, 5) is 6.53. The van der Waals surface area contributed by atoms with Crippen LogP contribution in [0.4, 0.5) is 0 Å². The minimum absolute atomic E-state index is 0.383. The molecule has 1 N–H and O–H groups in total. The summed E-state index contributed by atoms with van der Waals surface area (Å²) < 4.78 is 5.07. The number of aliphatic hydroxyl groups is 1. The molecule has 2 rings (SSSR count). The van der Waals surface area contributed by atoms with E-state index in [1.807, 2.05) is 18.3 Å². The monoisotopic (exact) mass is 291 g/mol. The molecule has 20 heavy (non-hydrogen) atoms. The second kappa shape index (κ2) is 6.37. The lowest BCUT2D eigenvalue weighted by atomic mass is 9.99. The van der Waals surface area contributed by atoms with Gasteiger partial charge in [-0.1, -0.05) is 13.8 Å². The first kappa shape index (κ1) is 15.0. The second-order valence-electron chi connectivity index (χ2n) is 5.36. The lowest BCUT2D eigenvalue weighted by Crippen LogP contribution is -2.01. The molecule has 4 heteroatoms. The van der Waals surface area contributed by atoms with Crippen molar-refractivity contribution in [2.24, 2.45) is 5.92 Å². The quantitative estimate of drug-likeness (QED) is 0.897. The fraction of sp³-hybridized carbons (Fsp3) is 0.438. The van der Waals surface area contributed by atoms with Gasteiger partial charge < -0.3 is 9.84 Å². The molecule has 0 saturated carbocycles. The molecule has 108 valence electrons. The smallest absolute Gasteiger partial charge is 0.212 e.